The number of amides is 1. The van der Waals surface area contributed by atoms with Crippen molar-refractivity contribution < 1.29 is 14.7 Å². The molecule has 112 valence electrons. The van der Waals surface area contributed by atoms with Crippen molar-refractivity contribution in [2.24, 2.45) is 0 Å². The smallest absolute Gasteiger partial charge is 0.313 e. The average molecular weight is 300 g/mol. The van der Waals surface area contributed by atoms with Gasteiger partial charge in [0.15, 0.2) is 5.16 Å². The highest BCUT2D eigenvalue weighted by Crippen LogP contribution is 2.17. The van der Waals surface area contributed by atoms with Crippen molar-refractivity contribution in [3.8, 4) is 0 Å². The zero-order valence-electron chi connectivity index (χ0n) is 11.8. The van der Waals surface area contributed by atoms with Gasteiger partial charge in [-0.25, -0.2) is 0 Å². The molecule has 7 nitrogen and oxygen atoms in total. The first-order valence-electron chi connectivity index (χ1n) is 6.61. The summed E-state index contributed by atoms with van der Waals surface area (Å²) in [6, 6.07) is 0. The maximum atomic E-state index is 11.6. The van der Waals surface area contributed by atoms with Crippen LogP contribution in [0.3, 0.4) is 0 Å². The van der Waals surface area contributed by atoms with Gasteiger partial charge >= 0.3 is 5.97 Å². The molecule has 2 N–H and O–H groups in total. The lowest BCUT2D eigenvalue weighted by Crippen LogP contribution is -2.25. The third kappa shape index (κ3) is 5.20. The molecule has 0 aliphatic rings. The second-order valence-corrected chi connectivity index (χ2v) is 5.13. The van der Waals surface area contributed by atoms with Crippen molar-refractivity contribution in [2.75, 3.05) is 12.3 Å². The van der Waals surface area contributed by atoms with Crippen LogP contribution in [0.2, 0.25) is 0 Å². The average Bonchev–Trinajstić information content (AvgIpc) is 2.82. The minimum Gasteiger partial charge on any atom is -0.481 e. The number of thioether (sulfide) groups is 1. The fourth-order valence-electron chi connectivity index (χ4n) is 1.60. The molecule has 0 saturated heterocycles. The van der Waals surface area contributed by atoms with Crippen LogP contribution in [0.5, 0.6) is 0 Å². The third-order valence-electron chi connectivity index (χ3n) is 2.57. The van der Waals surface area contributed by atoms with Gasteiger partial charge in [-0.1, -0.05) is 25.6 Å². The van der Waals surface area contributed by atoms with Gasteiger partial charge in [-0.2, -0.15) is 0 Å². The van der Waals surface area contributed by atoms with E-state index in [1.54, 1.807) is 0 Å². The van der Waals surface area contributed by atoms with Gasteiger partial charge in [0, 0.05) is 25.9 Å². The second-order valence-electron chi connectivity index (χ2n) is 4.19. The number of aliphatic carboxylic acids is 1. The largest absolute Gasteiger partial charge is 0.481 e. The van der Waals surface area contributed by atoms with Crippen LogP contribution >= 0.6 is 11.8 Å². The Balaban J connectivity index is 2.63. The molecule has 0 fully saturated rings. The second kappa shape index (κ2) is 8.57. The molecule has 0 spiro atoms. The van der Waals surface area contributed by atoms with Gasteiger partial charge in [0.2, 0.25) is 5.91 Å². The maximum Gasteiger partial charge on any atom is 0.313 e. The molecular weight excluding hydrogens is 280 g/mol. The summed E-state index contributed by atoms with van der Waals surface area (Å²) in [7, 11) is 0. The zero-order chi connectivity index (χ0) is 15.0. The van der Waals surface area contributed by atoms with Crippen molar-refractivity contribution >= 4 is 23.6 Å². The monoisotopic (exact) mass is 300 g/mol. The summed E-state index contributed by atoms with van der Waals surface area (Å²) >= 11 is 1.12. The van der Waals surface area contributed by atoms with Crippen LogP contribution in [0.25, 0.3) is 0 Å². The van der Waals surface area contributed by atoms with Crippen LogP contribution in [0.15, 0.2) is 5.16 Å². The van der Waals surface area contributed by atoms with Gasteiger partial charge in [0.1, 0.15) is 5.82 Å². The zero-order valence-corrected chi connectivity index (χ0v) is 12.6. The molecule has 0 saturated carbocycles. The summed E-state index contributed by atoms with van der Waals surface area (Å²) in [5, 5.41) is 20.1. The summed E-state index contributed by atoms with van der Waals surface area (Å²) < 4.78 is 1.82. The standard InChI is InChI=1S/C12H20N4O3S/c1-3-6-13-10(17)5-7-16-9(4-2)14-15-12(16)20-8-11(18)19/h3-8H2,1-2H3,(H,13,17)(H,18,19). The van der Waals surface area contributed by atoms with Crippen LogP contribution in [0.1, 0.15) is 32.5 Å². The summed E-state index contributed by atoms with van der Waals surface area (Å²) in [6.45, 7) is 5.08. The van der Waals surface area contributed by atoms with Crippen molar-refractivity contribution in [3.63, 3.8) is 0 Å². The van der Waals surface area contributed by atoms with Crippen LogP contribution in [-0.4, -0.2) is 44.0 Å². The SMILES string of the molecule is CCCNC(=O)CCn1c(CC)nnc1SCC(=O)O. The van der Waals surface area contributed by atoms with Gasteiger partial charge in [0.25, 0.3) is 0 Å². The number of aromatic nitrogens is 3. The lowest BCUT2D eigenvalue weighted by atomic mass is 10.3. The Morgan fingerprint density at radius 3 is 2.70 bits per heavy atom. The van der Waals surface area contributed by atoms with Crippen molar-refractivity contribution in [1.82, 2.24) is 20.1 Å². The van der Waals surface area contributed by atoms with E-state index in [0.717, 1.165) is 24.0 Å². The Labute approximate surface area is 122 Å². The van der Waals surface area contributed by atoms with Gasteiger partial charge in [-0.05, 0) is 6.42 Å². The minimum atomic E-state index is -0.900. The number of carbonyl (C=O) groups is 2. The summed E-state index contributed by atoms with van der Waals surface area (Å²) in [4.78, 5) is 22.2. The first-order chi connectivity index (χ1) is 9.58. The first-order valence-corrected chi connectivity index (χ1v) is 7.60. The van der Waals surface area contributed by atoms with Crippen LogP contribution < -0.4 is 5.32 Å². The molecule has 0 atom stereocenters. The number of hydrogen-bond donors (Lipinski definition) is 2. The van der Waals surface area contributed by atoms with E-state index in [9.17, 15) is 9.59 Å². The summed E-state index contributed by atoms with van der Waals surface area (Å²) in [5.41, 5.74) is 0. The molecule has 0 unspecified atom stereocenters. The van der Waals surface area contributed by atoms with E-state index >= 15 is 0 Å². The van der Waals surface area contributed by atoms with E-state index in [2.05, 4.69) is 15.5 Å². The molecule has 0 aliphatic heterocycles. The molecule has 1 rings (SSSR count). The summed E-state index contributed by atoms with van der Waals surface area (Å²) in [6.07, 6.45) is 1.93. The summed E-state index contributed by atoms with van der Waals surface area (Å²) in [5.74, 6) is -0.217. The topological polar surface area (TPSA) is 97.1 Å². The van der Waals surface area contributed by atoms with E-state index < -0.39 is 5.97 Å². The highest BCUT2D eigenvalue weighted by Gasteiger charge is 2.13. The molecule has 0 radical (unpaired) electrons. The van der Waals surface area contributed by atoms with Crippen LogP contribution in [-0.2, 0) is 22.6 Å². The Morgan fingerprint density at radius 1 is 1.35 bits per heavy atom. The lowest BCUT2D eigenvalue weighted by molar-refractivity contribution is -0.134. The minimum absolute atomic E-state index is 0.0169. The molecule has 8 heteroatoms. The molecular formula is C12H20N4O3S. The highest BCUT2D eigenvalue weighted by atomic mass is 32.2. The number of carbonyl (C=O) groups excluding carboxylic acids is 1. The van der Waals surface area contributed by atoms with Crippen molar-refractivity contribution in [2.45, 2.75) is 44.8 Å². The fraction of sp³-hybridized carbons (Fsp3) is 0.667. The highest BCUT2D eigenvalue weighted by molar-refractivity contribution is 7.99. The third-order valence-corrected chi connectivity index (χ3v) is 3.52. The number of carboxylic acids is 1. The number of nitrogens with one attached hydrogen (secondary N) is 1. The Hall–Kier alpha value is -1.57. The Bertz CT molecular complexity index is 462. The number of aryl methyl sites for hydroxylation is 1. The molecule has 0 bridgehead atoms. The van der Waals surface area contributed by atoms with E-state index in [-0.39, 0.29) is 11.7 Å². The normalized spacial score (nSPS) is 10.5. The molecule has 20 heavy (non-hydrogen) atoms. The fourth-order valence-corrected chi connectivity index (χ4v) is 2.31. The molecule has 1 heterocycles. The first kappa shape index (κ1) is 16.5. The van der Waals surface area contributed by atoms with Crippen molar-refractivity contribution in [1.29, 1.82) is 0 Å². The van der Waals surface area contributed by atoms with E-state index in [1.807, 2.05) is 18.4 Å². The molecule has 1 amide bonds. The molecule has 0 aliphatic carbocycles. The number of carboxylic acid groups (broad SMARTS) is 1. The molecule has 1 aromatic rings. The number of nitrogens with zero attached hydrogens (tertiary/aromatic N) is 3. The predicted octanol–water partition coefficient (Wildman–Crippen LogP) is 0.933. The van der Waals surface area contributed by atoms with Gasteiger partial charge in [0.05, 0.1) is 5.75 Å². The number of rotatable bonds is 9. The maximum absolute atomic E-state index is 11.6. The Morgan fingerprint density at radius 2 is 2.10 bits per heavy atom. The molecule has 0 aromatic carbocycles. The predicted molar refractivity (Wildman–Crippen MR) is 75.7 cm³/mol. The van der Waals surface area contributed by atoms with Crippen molar-refractivity contribution in [3.05, 3.63) is 5.82 Å². The van der Waals surface area contributed by atoms with Crippen LogP contribution in [0.4, 0.5) is 0 Å². The van der Waals surface area contributed by atoms with E-state index in [0.29, 0.717) is 31.1 Å². The van der Waals surface area contributed by atoms with Crippen LogP contribution in [0, 0.1) is 0 Å². The quantitative estimate of drug-likeness (QED) is 0.659. The van der Waals surface area contributed by atoms with Gasteiger partial charge < -0.3 is 15.0 Å². The Kier molecular flexibility index (Phi) is 7.06. The molecule has 1 aromatic heterocycles. The van der Waals surface area contributed by atoms with E-state index in [1.165, 1.54) is 0 Å². The van der Waals surface area contributed by atoms with Gasteiger partial charge in [-0.15, -0.1) is 10.2 Å². The lowest BCUT2D eigenvalue weighted by Gasteiger charge is -2.09. The number of hydrogen-bond acceptors (Lipinski definition) is 5. The van der Waals surface area contributed by atoms with Gasteiger partial charge in [-0.3, -0.25) is 9.59 Å². The van der Waals surface area contributed by atoms with E-state index in [4.69, 9.17) is 5.11 Å².